The molecule has 0 radical (unpaired) electrons. The molecule has 0 atom stereocenters. The van der Waals surface area contributed by atoms with Crippen LogP contribution < -0.4 is 0 Å². The average molecular weight is 564 g/mol. The van der Waals surface area contributed by atoms with E-state index < -0.39 is 0 Å². The molecule has 3 aromatic heterocycles. The molecule has 44 heavy (non-hydrogen) atoms. The summed E-state index contributed by atoms with van der Waals surface area (Å²) < 4.78 is 12.9. The summed E-state index contributed by atoms with van der Waals surface area (Å²) in [6.07, 6.45) is 1.95. The van der Waals surface area contributed by atoms with Crippen molar-refractivity contribution in [2.45, 2.75) is 0 Å². The maximum Gasteiger partial charge on any atom is 0.143 e. The topological polar surface area (TPSA) is 39.2 Å². The summed E-state index contributed by atoms with van der Waals surface area (Å²) in [6.45, 7) is 0. The molecule has 0 N–H and O–H groups in total. The number of furan rings is 2. The lowest BCUT2D eigenvalue weighted by molar-refractivity contribution is 0.668. The van der Waals surface area contributed by atoms with Crippen LogP contribution in [0.15, 0.2) is 161 Å². The average Bonchev–Trinajstić information content (AvgIpc) is 3.67. The number of fused-ring (bicyclic) bond motifs is 6. The van der Waals surface area contributed by atoms with Gasteiger partial charge in [-0.2, -0.15) is 0 Å². The van der Waals surface area contributed by atoms with E-state index in [9.17, 15) is 0 Å². The molecule has 0 aliphatic carbocycles. The zero-order chi connectivity index (χ0) is 29.0. The number of pyridine rings is 1. The zero-order valence-corrected chi connectivity index (χ0v) is 23.7. The molecule has 0 amide bonds. The van der Waals surface area contributed by atoms with Crippen LogP contribution in [0.1, 0.15) is 0 Å². The van der Waals surface area contributed by atoms with Crippen LogP contribution in [0, 0.1) is 0 Å². The highest BCUT2D eigenvalue weighted by molar-refractivity contribution is 6.14. The Morgan fingerprint density at radius 1 is 0.364 bits per heavy atom. The molecule has 0 fully saturated rings. The predicted molar refractivity (Wildman–Crippen MR) is 181 cm³/mol. The van der Waals surface area contributed by atoms with Gasteiger partial charge in [0.15, 0.2) is 0 Å². The van der Waals surface area contributed by atoms with E-state index >= 15 is 0 Å². The lowest BCUT2D eigenvalue weighted by Crippen LogP contribution is -1.85. The Kier molecular flexibility index (Phi) is 5.50. The number of hydrogen-bond acceptors (Lipinski definition) is 3. The van der Waals surface area contributed by atoms with Crippen molar-refractivity contribution in [3.8, 4) is 44.6 Å². The maximum atomic E-state index is 6.72. The third-order valence-corrected chi connectivity index (χ3v) is 8.58. The number of para-hydroxylation sites is 3. The van der Waals surface area contributed by atoms with E-state index in [4.69, 9.17) is 13.8 Å². The van der Waals surface area contributed by atoms with Gasteiger partial charge in [0.05, 0.1) is 5.69 Å². The van der Waals surface area contributed by atoms with Gasteiger partial charge >= 0.3 is 0 Å². The molecule has 0 saturated heterocycles. The van der Waals surface area contributed by atoms with Crippen molar-refractivity contribution in [1.82, 2.24) is 4.98 Å². The molecule has 0 spiro atoms. The molecule has 9 aromatic rings. The van der Waals surface area contributed by atoms with E-state index in [1.807, 2.05) is 42.6 Å². The van der Waals surface area contributed by atoms with E-state index in [2.05, 4.69) is 109 Å². The van der Waals surface area contributed by atoms with Gasteiger partial charge in [0.1, 0.15) is 22.3 Å². The number of hydrogen-bond donors (Lipinski definition) is 0. The van der Waals surface area contributed by atoms with Gasteiger partial charge in [-0.25, -0.2) is 0 Å². The smallest absolute Gasteiger partial charge is 0.143 e. The minimum absolute atomic E-state index is 0.877. The largest absolute Gasteiger partial charge is 0.456 e. The van der Waals surface area contributed by atoms with E-state index in [1.165, 1.54) is 0 Å². The van der Waals surface area contributed by atoms with Gasteiger partial charge < -0.3 is 8.83 Å². The quantitative estimate of drug-likeness (QED) is 0.214. The summed E-state index contributed by atoms with van der Waals surface area (Å²) >= 11 is 0. The van der Waals surface area contributed by atoms with Gasteiger partial charge in [-0.1, -0.05) is 121 Å². The molecule has 6 aromatic carbocycles. The Bertz CT molecular complexity index is 2470. The lowest BCUT2D eigenvalue weighted by atomic mass is 9.98. The Hall–Kier alpha value is -5.93. The van der Waals surface area contributed by atoms with E-state index in [0.29, 0.717) is 0 Å². The third-order valence-electron chi connectivity index (χ3n) is 8.58. The van der Waals surface area contributed by atoms with Crippen molar-refractivity contribution < 1.29 is 8.83 Å². The minimum Gasteiger partial charge on any atom is -0.456 e. The fourth-order valence-electron chi connectivity index (χ4n) is 6.35. The van der Waals surface area contributed by atoms with Crippen molar-refractivity contribution in [3.05, 3.63) is 152 Å². The zero-order valence-electron chi connectivity index (χ0n) is 23.7. The number of aromatic nitrogens is 1. The molecule has 0 bridgehead atoms. The SMILES string of the molecule is c1ccc(-c2ccc(-c3ccc(-c4cccc5c4oc4c(-c6ccc7c(c6)oc6ccccc67)cccc45)cc3)cn2)cc1. The Morgan fingerprint density at radius 2 is 0.977 bits per heavy atom. The summed E-state index contributed by atoms with van der Waals surface area (Å²) in [5.74, 6) is 0. The Balaban J connectivity index is 1.10. The minimum atomic E-state index is 0.877. The van der Waals surface area contributed by atoms with Gasteiger partial charge in [-0.3, -0.25) is 4.98 Å². The Labute approximate surface area is 253 Å². The summed E-state index contributed by atoms with van der Waals surface area (Å²) in [6, 6.07) is 50.5. The van der Waals surface area contributed by atoms with Crippen molar-refractivity contribution >= 4 is 43.9 Å². The number of benzene rings is 6. The van der Waals surface area contributed by atoms with Crippen LogP contribution in [-0.2, 0) is 0 Å². The highest BCUT2D eigenvalue weighted by Crippen LogP contribution is 2.41. The maximum absolute atomic E-state index is 6.72. The van der Waals surface area contributed by atoms with Gasteiger partial charge in [-0.15, -0.1) is 0 Å². The molecule has 3 heteroatoms. The first-order chi connectivity index (χ1) is 21.8. The van der Waals surface area contributed by atoms with Crippen molar-refractivity contribution in [2.24, 2.45) is 0 Å². The summed E-state index contributed by atoms with van der Waals surface area (Å²) in [5.41, 5.74) is 12.1. The number of rotatable bonds is 4. The van der Waals surface area contributed by atoms with Crippen LogP contribution in [0.5, 0.6) is 0 Å². The van der Waals surface area contributed by atoms with Gasteiger partial charge in [0.2, 0.25) is 0 Å². The van der Waals surface area contributed by atoms with Crippen molar-refractivity contribution in [1.29, 1.82) is 0 Å². The first kappa shape index (κ1) is 24.6. The molecule has 0 aliphatic heterocycles. The monoisotopic (exact) mass is 563 g/mol. The molecule has 0 aliphatic rings. The molecule has 206 valence electrons. The fraction of sp³-hybridized carbons (Fsp3) is 0. The van der Waals surface area contributed by atoms with Crippen molar-refractivity contribution in [3.63, 3.8) is 0 Å². The van der Waals surface area contributed by atoms with Gasteiger partial charge in [-0.05, 0) is 41.0 Å². The molecule has 9 rings (SSSR count). The molecule has 3 nitrogen and oxygen atoms in total. The second-order valence-electron chi connectivity index (χ2n) is 11.2. The van der Waals surface area contributed by atoms with E-state index in [-0.39, 0.29) is 0 Å². The van der Waals surface area contributed by atoms with Crippen LogP contribution in [0.25, 0.3) is 88.5 Å². The number of nitrogens with zero attached hydrogens (tertiary/aromatic N) is 1. The standard InChI is InChI=1S/C41H25NO2/c1-2-8-28(9-3-1)37-23-21-30(25-42-37)26-16-18-27(19-17-26)31-11-6-13-35-36-14-7-12-32(41(36)44-40(31)35)29-20-22-34-33-10-4-5-15-38(33)43-39(34)24-29/h1-25H. The summed E-state index contributed by atoms with van der Waals surface area (Å²) in [5, 5.41) is 4.46. The van der Waals surface area contributed by atoms with Crippen LogP contribution in [0.4, 0.5) is 0 Å². The fourth-order valence-corrected chi connectivity index (χ4v) is 6.35. The van der Waals surface area contributed by atoms with Crippen LogP contribution >= 0.6 is 0 Å². The van der Waals surface area contributed by atoms with Gasteiger partial charge in [0, 0.05) is 50.0 Å². The second kappa shape index (κ2) is 9.82. The molecular formula is C41H25NO2. The van der Waals surface area contributed by atoms with Crippen LogP contribution in [0.2, 0.25) is 0 Å². The lowest BCUT2D eigenvalue weighted by Gasteiger charge is -2.07. The molecule has 0 unspecified atom stereocenters. The van der Waals surface area contributed by atoms with Gasteiger partial charge in [0.25, 0.3) is 0 Å². The summed E-state index contributed by atoms with van der Waals surface area (Å²) in [4.78, 5) is 4.71. The van der Waals surface area contributed by atoms with Crippen LogP contribution in [0.3, 0.4) is 0 Å². The molecule has 0 saturated carbocycles. The van der Waals surface area contributed by atoms with Crippen LogP contribution in [-0.4, -0.2) is 4.98 Å². The third kappa shape index (κ3) is 3.94. The first-order valence-electron chi connectivity index (χ1n) is 14.8. The first-order valence-corrected chi connectivity index (χ1v) is 14.8. The van der Waals surface area contributed by atoms with E-state index in [1.54, 1.807) is 0 Å². The molecular weight excluding hydrogens is 538 g/mol. The predicted octanol–water partition coefficient (Wildman–Crippen LogP) is 11.5. The Morgan fingerprint density at radius 3 is 1.73 bits per heavy atom. The highest BCUT2D eigenvalue weighted by Gasteiger charge is 2.17. The highest BCUT2D eigenvalue weighted by atomic mass is 16.3. The van der Waals surface area contributed by atoms with E-state index in [0.717, 1.165) is 88.5 Å². The molecule has 3 heterocycles. The van der Waals surface area contributed by atoms with Crippen molar-refractivity contribution in [2.75, 3.05) is 0 Å². The summed E-state index contributed by atoms with van der Waals surface area (Å²) in [7, 11) is 0. The normalized spacial score (nSPS) is 11.6. The second-order valence-corrected chi connectivity index (χ2v) is 11.2.